The number of nitrogens with one attached hydrogen (secondary N) is 2. The van der Waals surface area contributed by atoms with Gasteiger partial charge in [0.1, 0.15) is 0 Å². The molecule has 0 radical (unpaired) electrons. The molecule has 3 nitrogen and oxygen atoms in total. The number of aromatic amines is 1. The number of halogens is 3. The third kappa shape index (κ3) is 3.49. The lowest BCUT2D eigenvalue weighted by molar-refractivity contribution is -0.136. The van der Waals surface area contributed by atoms with Crippen LogP contribution in [0.5, 0.6) is 0 Å². The second kappa shape index (κ2) is 7.23. The van der Waals surface area contributed by atoms with E-state index in [0.717, 1.165) is 33.8 Å². The summed E-state index contributed by atoms with van der Waals surface area (Å²) in [5.74, 6) is 0. The minimum absolute atomic E-state index is 0.0904. The van der Waals surface area contributed by atoms with Gasteiger partial charge in [-0.1, -0.05) is 60.7 Å². The topological polar surface area (TPSA) is 40.2 Å². The lowest BCUT2D eigenvalue weighted by Gasteiger charge is -2.11. The number of anilines is 1. The molecule has 0 aliphatic carbocycles. The highest BCUT2D eigenvalue weighted by Gasteiger charge is 2.33. The van der Waals surface area contributed by atoms with Gasteiger partial charge in [-0.05, 0) is 23.8 Å². The molecule has 0 amide bonds. The molecule has 6 heteroatoms. The number of aromatic nitrogens is 1. The maximum Gasteiger partial charge on any atom is 0.418 e. The van der Waals surface area contributed by atoms with Crippen LogP contribution in [0.4, 0.5) is 18.9 Å². The van der Waals surface area contributed by atoms with E-state index in [2.05, 4.69) is 15.5 Å². The second-order valence-electron chi connectivity index (χ2n) is 6.24. The van der Waals surface area contributed by atoms with Gasteiger partial charge in [0.25, 0.3) is 0 Å². The Balaban J connectivity index is 1.73. The van der Waals surface area contributed by atoms with Crippen LogP contribution < -0.4 is 5.43 Å². The molecule has 3 aromatic carbocycles. The van der Waals surface area contributed by atoms with Crippen molar-refractivity contribution in [1.29, 1.82) is 0 Å². The number of benzene rings is 3. The summed E-state index contributed by atoms with van der Waals surface area (Å²) in [6.45, 7) is 0. The van der Waals surface area contributed by atoms with Crippen molar-refractivity contribution in [1.82, 2.24) is 4.98 Å². The highest BCUT2D eigenvalue weighted by molar-refractivity contribution is 6.06. The van der Waals surface area contributed by atoms with Crippen LogP contribution in [-0.4, -0.2) is 11.2 Å². The van der Waals surface area contributed by atoms with E-state index in [1.165, 1.54) is 18.2 Å². The number of fused-ring (bicyclic) bond motifs is 1. The normalized spacial score (nSPS) is 12.0. The van der Waals surface area contributed by atoms with E-state index < -0.39 is 11.7 Å². The summed E-state index contributed by atoms with van der Waals surface area (Å²) in [7, 11) is 0. The number of nitrogens with zero attached hydrogens (tertiary/aromatic N) is 1. The lowest BCUT2D eigenvalue weighted by atomic mass is 10.1. The van der Waals surface area contributed by atoms with E-state index in [1.807, 2.05) is 54.6 Å². The Bertz CT molecular complexity index is 1130. The standard InChI is InChI=1S/C22H16F3N3/c23-22(24,25)18-11-5-7-13-20(18)28-26-14-17-16-10-4-6-12-19(16)27-21(17)15-8-2-1-3-9-15/h1-14,27-28H/b26-14+. The summed E-state index contributed by atoms with van der Waals surface area (Å²) < 4.78 is 39.4. The van der Waals surface area contributed by atoms with Crippen molar-refractivity contribution in [3.63, 3.8) is 0 Å². The predicted octanol–water partition coefficient (Wildman–Crippen LogP) is 6.30. The van der Waals surface area contributed by atoms with Crippen LogP contribution in [0.15, 0.2) is 84.0 Å². The molecular formula is C22H16F3N3. The predicted molar refractivity (Wildman–Crippen MR) is 106 cm³/mol. The average Bonchev–Trinajstić information content (AvgIpc) is 3.07. The Labute approximate surface area is 159 Å². The molecule has 28 heavy (non-hydrogen) atoms. The minimum atomic E-state index is -4.45. The van der Waals surface area contributed by atoms with Crippen molar-refractivity contribution in [2.75, 3.05) is 5.43 Å². The minimum Gasteiger partial charge on any atom is -0.354 e. The van der Waals surface area contributed by atoms with Crippen molar-refractivity contribution < 1.29 is 13.2 Å². The van der Waals surface area contributed by atoms with E-state index >= 15 is 0 Å². The number of rotatable bonds is 4. The van der Waals surface area contributed by atoms with Gasteiger partial charge in [0.15, 0.2) is 0 Å². The van der Waals surface area contributed by atoms with Gasteiger partial charge >= 0.3 is 6.18 Å². The highest BCUT2D eigenvalue weighted by atomic mass is 19.4. The molecule has 0 atom stereocenters. The van der Waals surface area contributed by atoms with Crippen LogP contribution in [0.1, 0.15) is 11.1 Å². The van der Waals surface area contributed by atoms with Crippen molar-refractivity contribution in [2.24, 2.45) is 5.10 Å². The van der Waals surface area contributed by atoms with Crippen molar-refractivity contribution in [3.05, 3.63) is 90.0 Å². The first-order chi connectivity index (χ1) is 13.5. The largest absolute Gasteiger partial charge is 0.418 e. The Morgan fingerprint density at radius 3 is 2.29 bits per heavy atom. The van der Waals surface area contributed by atoms with E-state index in [1.54, 1.807) is 6.21 Å². The van der Waals surface area contributed by atoms with Gasteiger partial charge in [-0.3, -0.25) is 5.43 Å². The number of H-pyrrole nitrogens is 1. The quantitative estimate of drug-likeness (QED) is 0.317. The molecule has 0 fully saturated rings. The van der Waals surface area contributed by atoms with E-state index in [-0.39, 0.29) is 5.69 Å². The SMILES string of the molecule is FC(F)(F)c1ccccc1N/N=C/c1c(-c2ccccc2)[nH]c2ccccc12. The van der Waals surface area contributed by atoms with Gasteiger partial charge < -0.3 is 4.98 Å². The summed E-state index contributed by atoms with van der Waals surface area (Å²) in [6.07, 6.45) is -2.90. The number of hydrogen-bond acceptors (Lipinski definition) is 2. The molecule has 4 aromatic rings. The van der Waals surface area contributed by atoms with Crippen LogP contribution in [0, 0.1) is 0 Å². The third-order valence-corrected chi connectivity index (χ3v) is 4.42. The molecule has 2 N–H and O–H groups in total. The highest BCUT2D eigenvalue weighted by Crippen LogP contribution is 2.34. The molecule has 4 rings (SSSR count). The smallest absolute Gasteiger partial charge is 0.354 e. The summed E-state index contributed by atoms with van der Waals surface area (Å²) in [5.41, 5.74) is 5.25. The first kappa shape index (κ1) is 17.9. The molecule has 0 aliphatic heterocycles. The maximum absolute atomic E-state index is 13.1. The van der Waals surface area contributed by atoms with Gasteiger partial charge in [-0.25, -0.2) is 0 Å². The Morgan fingerprint density at radius 2 is 1.50 bits per heavy atom. The van der Waals surface area contributed by atoms with Crippen molar-refractivity contribution in [3.8, 4) is 11.3 Å². The summed E-state index contributed by atoms with van der Waals surface area (Å²) in [4.78, 5) is 3.37. The van der Waals surface area contributed by atoms with Gasteiger partial charge in [0.2, 0.25) is 0 Å². The van der Waals surface area contributed by atoms with Crippen molar-refractivity contribution in [2.45, 2.75) is 6.18 Å². The first-order valence-electron chi connectivity index (χ1n) is 8.65. The molecule has 0 unspecified atom stereocenters. The molecule has 140 valence electrons. The Morgan fingerprint density at radius 1 is 0.821 bits per heavy atom. The third-order valence-electron chi connectivity index (χ3n) is 4.42. The molecule has 0 saturated carbocycles. The number of para-hydroxylation sites is 2. The molecule has 1 heterocycles. The van der Waals surface area contributed by atoms with Crippen LogP contribution in [0.2, 0.25) is 0 Å². The summed E-state index contributed by atoms with van der Waals surface area (Å²) in [5, 5.41) is 5.04. The molecular weight excluding hydrogens is 363 g/mol. The van der Waals surface area contributed by atoms with Crippen molar-refractivity contribution >= 4 is 22.8 Å². The van der Waals surface area contributed by atoms with Gasteiger partial charge in [0, 0.05) is 16.5 Å². The molecule has 0 spiro atoms. The molecule has 0 bridgehead atoms. The Hall–Kier alpha value is -3.54. The fraction of sp³-hybridized carbons (Fsp3) is 0.0455. The van der Waals surface area contributed by atoms with E-state index in [9.17, 15) is 13.2 Å². The zero-order valence-corrected chi connectivity index (χ0v) is 14.7. The van der Waals surface area contributed by atoms with Crippen LogP contribution in [0.3, 0.4) is 0 Å². The zero-order valence-electron chi connectivity index (χ0n) is 14.7. The van der Waals surface area contributed by atoms with Crippen LogP contribution in [0.25, 0.3) is 22.2 Å². The fourth-order valence-corrected chi connectivity index (χ4v) is 3.12. The number of alkyl halides is 3. The van der Waals surface area contributed by atoms with Gasteiger partial charge in [0.05, 0.1) is 23.2 Å². The molecule has 0 aliphatic rings. The molecule has 0 saturated heterocycles. The molecule has 1 aromatic heterocycles. The van der Waals surface area contributed by atoms with Crippen LogP contribution >= 0.6 is 0 Å². The van der Waals surface area contributed by atoms with Crippen LogP contribution in [-0.2, 0) is 6.18 Å². The van der Waals surface area contributed by atoms with E-state index in [0.29, 0.717) is 0 Å². The van der Waals surface area contributed by atoms with E-state index in [4.69, 9.17) is 0 Å². The lowest BCUT2D eigenvalue weighted by Crippen LogP contribution is -2.08. The van der Waals surface area contributed by atoms with Gasteiger partial charge in [-0.2, -0.15) is 18.3 Å². The summed E-state index contributed by atoms with van der Waals surface area (Å²) >= 11 is 0. The average molecular weight is 379 g/mol. The second-order valence-corrected chi connectivity index (χ2v) is 6.24. The zero-order chi connectivity index (χ0) is 19.6. The van der Waals surface area contributed by atoms with Gasteiger partial charge in [-0.15, -0.1) is 0 Å². The number of hydrogen-bond donors (Lipinski definition) is 2. The first-order valence-corrected chi connectivity index (χ1v) is 8.65. The number of hydrazone groups is 1. The maximum atomic E-state index is 13.1. The summed E-state index contributed by atoms with van der Waals surface area (Å²) in [6, 6.07) is 22.7. The Kier molecular flexibility index (Phi) is 4.61. The monoisotopic (exact) mass is 379 g/mol. The fourth-order valence-electron chi connectivity index (χ4n) is 3.12.